The third-order valence-corrected chi connectivity index (χ3v) is 2.65. The molecule has 2 aromatic rings. The largest absolute Gasteiger partial charge is 0.480 e. The Morgan fingerprint density at radius 1 is 1.35 bits per heavy atom. The van der Waals surface area contributed by atoms with Crippen LogP contribution in [-0.2, 0) is 11.2 Å². The van der Waals surface area contributed by atoms with E-state index < -0.39 is 12.0 Å². The molecule has 0 aliphatic rings. The molecule has 1 atom stereocenters. The van der Waals surface area contributed by atoms with E-state index in [4.69, 9.17) is 10.8 Å². The molecule has 0 aliphatic carbocycles. The lowest BCUT2D eigenvalue weighted by atomic mass is 10.2. The minimum Gasteiger partial charge on any atom is -0.480 e. The van der Waals surface area contributed by atoms with E-state index in [1.54, 1.807) is 24.3 Å². The Bertz CT molecular complexity index is 609. The molecule has 0 radical (unpaired) electrons. The predicted molar refractivity (Wildman–Crippen MR) is 72.3 cm³/mol. The lowest BCUT2D eigenvalue weighted by Crippen LogP contribution is -2.32. The average Bonchev–Trinajstić information content (AvgIpc) is 2.86. The van der Waals surface area contributed by atoms with Crippen LogP contribution in [-0.4, -0.2) is 33.0 Å². The number of imidazole rings is 1. The summed E-state index contributed by atoms with van der Waals surface area (Å²) in [6.45, 7) is 0. The van der Waals surface area contributed by atoms with E-state index in [1.165, 1.54) is 6.20 Å². The second-order valence-corrected chi connectivity index (χ2v) is 4.23. The smallest absolute Gasteiger partial charge is 0.320 e. The highest BCUT2D eigenvalue weighted by atomic mass is 16.4. The number of anilines is 1. The molecule has 0 saturated heterocycles. The molecule has 1 aromatic carbocycles. The molecule has 20 heavy (non-hydrogen) atoms. The molecular weight excluding hydrogens is 260 g/mol. The molecular formula is C13H14N4O3. The highest BCUT2D eigenvalue weighted by Gasteiger charge is 2.14. The summed E-state index contributed by atoms with van der Waals surface area (Å²) in [5.74, 6) is -1.13. The molecule has 2 rings (SSSR count). The van der Waals surface area contributed by atoms with Gasteiger partial charge >= 0.3 is 5.97 Å². The molecule has 0 fully saturated rings. The van der Waals surface area contributed by atoms with Gasteiger partial charge in [-0.2, -0.15) is 0 Å². The van der Waals surface area contributed by atoms with Crippen LogP contribution >= 0.6 is 0 Å². The normalized spacial score (nSPS) is 11.8. The van der Waals surface area contributed by atoms with Gasteiger partial charge in [-0.3, -0.25) is 14.9 Å². The Hall–Kier alpha value is -2.67. The van der Waals surface area contributed by atoms with Crippen LogP contribution in [0.15, 0.2) is 36.5 Å². The number of nitrogens with one attached hydrogen (secondary N) is 2. The standard InChI is InChI=1S/C13H14N4O3/c14-10(12(19)20)6-9-7-15-13(16-9)17-11(18)8-4-2-1-3-5-8/h1-5,7,10H,6,14H2,(H,19,20)(H2,15,16,17,18)/t10-/m0/s1. The monoisotopic (exact) mass is 274 g/mol. The summed E-state index contributed by atoms with van der Waals surface area (Å²) in [4.78, 5) is 29.3. The number of nitrogens with zero attached hydrogens (tertiary/aromatic N) is 1. The summed E-state index contributed by atoms with van der Waals surface area (Å²) in [7, 11) is 0. The van der Waals surface area contributed by atoms with E-state index in [2.05, 4.69) is 15.3 Å². The van der Waals surface area contributed by atoms with Crippen LogP contribution in [0.4, 0.5) is 5.95 Å². The van der Waals surface area contributed by atoms with Gasteiger partial charge in [-0.25, -0.2) is 4.98 Å². The maximum Gasteiger partial charge on any atom is 0.320 e. The first-order valence-corrected chi connectivity index (χ1v) is 5.95. The Balaban J connectivity index is 1.99. The maximum absolute atomic E-state index is 11.9. The van der Waals surface area contributed by atoms with Crippen LogP contribution in [0.1, 0.15) is 16.1 Å². The summed E-state index contributed by atoms with van der Waals surface area (Å²) in [5, 5.41) is 11.3. The van der Waals surface area contributed by atoms with Gasteiger partial charge in [0.25, 0.3) is 5.91 Å². The van der Waals surface area contributed by atoms with E-state index in [-0.39, 0.29) is 18.3 Å². The number of carbonyl (C=O) groups excluding carboxylic acids is 1. The molecule has 0 aliphatic heterocycles. The van der Waals surface area contributed by atoms with Crippen molar-refractivity contribution >= 4 is 17.8 Å². The summed E-state index contributed by atoms with van der Waals surface area (Å²) < 4.78 is 0. The molecule has 7 nitrogen and oxygen atoms in total. The summed E-state index contributed by atoms with van der Waals surface area (Å²) in [5.41, 5.74) is 6.47. The number of H-pyrrole nitrogens is 1. The lowest BCUT2D eigenvalue weighted by Gasteiger charge is -2.03. The van der Waals surface area contributed by atoms with Crippen molar-refractivity contribution in [3.63, 3.8) is 0 Å². The second-order valence-electron chi connectivity index (χ2n) is 4.23. The van der Waals surface area contributed by atoms with Crippen LogP contribution in [0.3, 0.4) is 0 Å². The summed E-state index contributed by atoms with van der Waals surface area (Å²) in [6.07, 6.45) is 1.56. The summed E-state index contributed by atoms with van der Waals surface area (Å²) >= 11 is 0. The summed E-state index contributed by atoms with van der Waals surface area (Å²) in [6, 6.07) is 7.68. The number of aromatic amines is 1. The number of benzene rings is 1. The van der Waals surface area contributed by atoms with Gasteiger partial charge in [0.05, 0.1) is 6.20 Å². The minimum atomic E-state index is -1.09. The zero-order valence-electron chi connectivity index (χ0n) is 10.5. The van der Waals surface area contributed by atoms with Gasteiger partial charge in [-0.1, -0.05) is 18.2 Å². The van der Waals surface area contributed by atoms with Gasteiger partial charge in [-0.05, 0) is 12.1 Å². The molecule has 1 amide bonds. The second kappa shape index (κ2) is 5.98. The highest BCUT2D eigenvalue weighted by Crippen LogP contribution is 2.07. The number of hydrogen-bond donors (Lipinski definition) is 4. The molecule has 0 spiro atoms. The Morgan fingerprint density at radius 3 is 2.70 bits per heavy atom. The van der Waals surface area contributed by atoms with Gasteiger partial charge in [0.2, 0.25) is 5.95 Å². The van der Waals surface area contributed by atoms with E-state index >= 15 is 0 Å². The van der Waals surface area contributed by atoms with Gasteiger partial charge in [0.15, 0.2) is 0 Å². The average molecular weight is 274 g/mol. The predicted octanol–water partition coefficient (Wildman–Crippen LogP) is 0.616. The minimum absolute atomic E-state index is 0.115. The fraction of sp³-hybridized carbons (Fsp3) is 0.154. The molecule has 1 heterocycles. The Labute approximate surface area is 114 Å². The highest BCUT2D eigenvalue weighted by molar-refractivity contribution is 6.03. The number of nitrogens with two attached hydrogens (primary N) is 1. The number of hydrogen-bond acceptors (Lipinski definition) is 4. The van der Waals surface area contributed by atoms with Gasteiger partial charge in [0, 0.05) is 17.7 Å². The van der Waals surface area contributed by atoms with Crippen molar-refractivity contribution in [1.82, 2.24) is 9.97 Å². The first-order valence-electron chi connectivity index (χ1n) is 5.95. The maximum atomic E-state index is 11.9. The van der Waals surface area contributed by atoms with Crippen LogP contribution in [0.25, 0.3) is 0 Å². The van der Waals surface area contributed by atoms with Crippen molar-refractivity contribution in [3.05, 3.63) is 47.8 Å². The number of carboxylic acids is 1. The number of rotatable bonds is 5. The first kappa shape index (κ1) is 13.8. The molecule has 7 heteroatoms. The van der Waals surface area contributed by atoms with E-state index in [0.717, 1.165) is 0 Å². The van der Waals surface area contributed by atoms with Crippen molar-refractivity contribution in [2.24, 2.45) is 5.73 Å². The van der Waals surface area contributed by atoms with Gasteiger partial charge < -0.3 is 15.8 Å². The Morgan fingerprint density at radius 2 is 2.05 bits per heavy atom. The topological polar surface area (TPSA) is 121 Å². The molecule has 0 unspecified atom stereocenters. The van der Waals surface area contributed by atoms with Crippen molar-refractivity contribution in [3.8, 4) is 0 Å². The van der Waals surface area contributed by atoms with Gasteiger partial charge in [0.1, 0.15) is 6.04 Å². The fourth-order valence-corrected chi connectivity index (χ4v) is 1.62. The number of carboxylic acid groups (broad SMARTS) is 1. The van der Waals surface area contributed by atoms with E-state index in [1.807, 2.05) is 6.07 Å². The van der Waals surface area contributed by atoms with Crippen molar-refractivity contribution < 1.29 is 14.7 Å². The van der Waals surface area contributed by atoms with Crippen LogP contribution in [0.2, 0.25) is 0 Å². The zero-order valence-corrected chi connectivity index (χ0v) is 10.5. The van der Waals surface area contributed by atoms with Crippen molar-refractivity contribution in [1.29, 1.82) is 0 Å². The van der Waals surface area contributed by atoms with Crippen LogP contribution in [0.5, 0.6) is 0 Å². The lowest BCUT2D eigenvalue weighted by molar-refractivity contribution is -0.138. The zero-order chi connectivity index (χ0) is 14.5. The van der Waals surface area contributed by atoms with Gasteiger partial charge in [-0.15, -0.1) is 0 Å². The third kappa shape index (κ3) is 3.42. The Kier molecular flexibility index (Phi) is 4.11. The third-order valence-electron chi connectivity index (χ3n) is 2.65. The molecule has 0 bridgehead atoms. The van der Waals surface area contributed by atoms with E-state index in [9.17, 15) is 9.59 Å². The molecule has 104 valence electrons. The number of aromatic nitrogens is 2. The molecule has 1 aromatic heterocycles. The number of aliphatic carboxylic acids is 1. The molecule has 5 N–H and O–H groups in total. The quantitative estimate of drug-likeness (QED) is 0.636. The van der Waals surface area contributed by atoms with Crippen LogP contribution in [0, 0.1) is 0 Å². The van der Waals surface area contributed by atoms with Crippen LogP contribution < -0.4 is 11.1 Å². The SMILES string of the molecule is N[C@@H](Cc1cnc(NC(=O)c2ccccc2)[nH]1)C(=O)O. The number of amides is 1. The molecule has 0 saturated carbocycles. The number of carbonyl (C=O) groups is 2. The fourth-order valence-electron chi connectivity index (χ4n) is 1.62. The van der Waals surface area contributed by atoms with E-state index in [0.29, 0.717) is 11.3 Å². The van der Waals surface area contributed by atoms with Crippen molar-refractivity contribution in [2.45, 2.75) is 12.5 Å². The first-order chi connectivity index (χ1) is 9.56. The van der Waals surface area contributed by atoms with Crippen molar-refractivity contribution in [2.75, 3.05) is 5.32 Å².